The van der Waals surface area contributed by atoms with Crippen molar-refractivity contribution in [3.8, 4) is 0 Å². The average Bonchev–Trinajstić information content (AvgIpc) is 2.46. The molecule has 1 aromatic heterocycles. The number of fused-ring (bicyclic) bond motifs is 1. The van der Waals surface area contributed by atoms with Crippen molar-refractivity contribution >= 4 is 37.5 Å². The first-order chi connectivity index (χ1) is 9.74. The normalized spacial score (nSPS) is 13.9. The first-order valence-electron chi connectivity index (χ1n) is 6.88. The zero-order valence-electron chi connectivity index (χ0n) is 11.1. The number of anilines is 1. The summed E-state index contributed by atoms with van der Waals surface area (Å²) in [6, 6.07) is 8.62. The van der Waals surface area contributed by atoms with E-state index in [1.165, 1.54) is 42.5 Å². The fourth-order valence-electron chi connectivity index (χ4n) is 2.70. The summed E-state index contributed by atoms with van der Waals surface area (Å²) in [5.41, 5.74) is 5.29. The third kappa shape index (κ3) is 3.07. The summed E-state index contributed by atoms with van der Waals surface area (Å²) < 4.78 is 2.02. The molecule has 0 unspecified atom stereocenters. The number of nitrogens with one attached hydrogen (secondary N) is 1. The lowest BCUT2D eigenvalue weighted by molar-refractivity contribution is 0.686. The number of aromatic nitrogens is 1. The number of rotatable bonds is 3. The fraction of sp³-hybridized carbons (Fsp3) is 0.312. The second-order valence-corrected chi connectivity index (χ2v) is 6.86. The van der Waals surface area contributed by atoms with Gasteiger partial charge in [0.15, 0.2) is 0 Å². The summed E-state index contributed by atoms with van der Waals surface area (Å²) in [6.07, 6.45) is 6.85. The van der Waals surface area contributed by atoms with Crippen LogP contribution in [0.25, 0.3) is 0 Å². The van der Waals surface area contributed by atoms with Crippen LogP contribution in [0.4, 0.5) is 5.69 Å². The van der Waals surface area contributed by atoms with Gasteiger partial charge in [0.2, 0.25) is 0 Å². The summed E-state index contributed by atoms with van der Waals surface area (Å²) in [5, 5.41) is 3.54. The van der Waals surface area contributed by atoms with E-state index in [1.807, 2.05) is 12.3 Å². The van der Waals surface area contributed by atoms with Gasteiger partial charge in [0.05, 0.1) is 12.2 Å². The van der Waals surface area contributed by atoms with Crippen LogP contribution in [-0.2, 0) is 19.4 Å². The first-order valence-corrected chi connectivity index (χ1v) is 8.47. The van der Waals surface area contributed by atoms with Gasteiger partial charge in [-0.2, -0.15) is 0 Å². The molecule has 1 N–H and O–H groups in total. The number of hydrogen-bond donors (Lipinski definition) is 1. The summed E-state index contributed by atoms with van der Waals surface area (Å²) in [7, 11) is 0. The van der Waals surface area contributed by atoms with Crippen molar-refractivity contribution in [1.82, 2.24) is 4.98 Å². The second-order valence-electron chi connectivity index (χ2n) is 5.09. The minimum atomic E-state index is 0.740. The van der Waals surface area contributed by atoms with Crippen LogP contribution in [0.15, 0.2) is 39.4 Å². The Hall–Kier alpha value is -0.870. The van der Waals surface area contributed by atoms with Crippen LogP contribution in [-0.4, -0.2) is 4.98 Å². The molecule has 4 heteroatoms. The molecular formula is C16H16Br2N2. The summed E-state index contributed by atoms with van der Waals surface area (Å²) in [4.78, 5) is 4.45. The Labute approximate surface area is 136 Å². The Morgan fingerprint density at radius 3 is 2.85 bits per heavy atom. The van der Waals surface area contributed by atoms with Crippen molar-refractivity contribution in [2.45, 2.75) is 32.2 Å². The maximum Gasteiger partial charge on any atom is 0.0737 e. The monoisotopic (exact) mass is 394 g/mol. The molecule has 0 spiro atoms. The van der Waals surface area contributed by atoms with Crippen molar-refractivity contribution in [3.05, 3.63) is 56.2 Å². The van der Waals surface area contributed by atoms with E-state index in [2.05, 4.69) is 60.4 Å². The predicted octanol–water partition coefficient (Wildman–Crippen LogP) is 5.10. The zero-order valence-corrected chi connectivity index (χ0v) is 14.3. The van der Waals surface area contributed by atoms with Gasteiger partial charge in [-0.05, 0) is 80.8 Å². The predicted molar refractivity (Wildman–Crippen MR) is 90.0 cm³/mol. The van der Waals surface area contributed by atoms with Crippen LogP contribution in [0.5, 0.6) is 0 Å². The van der Waals surface area contributed by atoms with Crippen LogP contribution < -0.4 is 5.32 Å². The molecule has 2 aromatic rings. The van der Waals surface area contributed by atoms with E-state index in [1.54, 1.807) is 0 Å². The minimum absolute atomic E-state index is 0.740. The summed E-state index contributed by atoms with van der Waals surface area (Å²) in [5.74, 6) is 0. The lowest BCUT2D eigenvalue weighted by atomic mass is 9.90. The molecule has 1 heterocycles. The lowest BCUT2D eigenvalue weighted by Crippen LogP contribution is -2.09. The third-order valence-corrected chi connectivity index (χ3v) is 4.85. The number of hydrogen-bond acceptors (Lipinski definition) is 2. The van der Waals surface area contributed by atoms with Crippen molar-refractivity contribution < 1.29 is 0 Å². The largest absolute Gasteiger partial charge is 0.379 e. The van der Waals surface area contributed by atoms with E-state index in [9.17, 15) is 0 Å². The fourth-order valence-corrected chi connectivity index (χ4v) is 3.83. The Morgan fingerprint density at radius 2 is 2.00 bits per heavy atom. The molecule has 0 saturated heterocycles. The molecule has 0 radical (unpaired) electrons. The maximum absolute atomic E-state index is 4.45. The molecule has 1 aromatic carbocycles. The topological polar surface area (TPSA) is 24.9 Å². The lowest BCUT2D eigenvalue weighted by Gasteiger charge is -2.20. The average molecular weight is 396 g/mol. The van der Waals surface area contributed by atoms with Gasteiger partial charge in [0.1, 0.15) is 0 Å². The van der Waals surface area contributed by atoms with E-state index in [0.717, 1.165) is 21.2 Å². The Balaban J connectivity index is 1.78. The van der Waals surface area contributed by atoms with E-state index < -0.39 is 0 Å². The minimum Gasteiger partial charge on any atom is -0.379 e. The van der Waals surface area contributed by atoms with Crippen LogP contribution in [0.2, 0.25) is 0 Å². The smallest absolute Gasteiger partial charge is 0.0737 e. The van der Waals surface area contributed by atoms with Gasteiger partial charge in [0, 0.05) is 20.8 Å². The first kappa shape index (κ1) is 14.1. The molecule has 0 saturated carbocycles. The van der Waals surface area contributed by atoms with Gasteiger partial charge in [-0.1, -0.05) is 12.1 Å². The molecule has 0 bridgehead atoms. The number of nitrogens with zero attached hydrogens (tertiary/aromatic N) is 1. The number of aryl methyl sites for hydroxylation is 1. The van der Waals surface area contributed by atoms with Gasteiger partial charge < -0.3 is 5.32 Å². The van der Waals surface area contributed by atoms with Crippen LogP contribution in [0.3, 0.4) is 0 Å². The Kier molecular flexibility index (Phi) is 4.41. The van der Waals surface area contributed by atoms with Gasteiger partial charge in [-0.3, -0.25) is 4.98 Å². The number of benzene rings is 1. The van der Waals surface area contributed by atoms with Gasteiger partial charge in [-0.15, -0.1) is 0 Å². The molecule has 104 valence electrons. The third-order valence-electron chi connectivity index (χ3n) is 3.73. The van der Waals surface area contributed by atoms with Crippen LogP contribution in [0.1, 0.15) is 29.7 Å². The molecule has 2 nitrogen and oxygen atoms in total. The standard InChI is InChI=1S/C16H16Br2N2/c17-12-8-14(18)16(19-9-12)10-20-15-7-3-5-11-4-1-2-6-13(11)15/h3,5,7-9,20H,1-2,4,6,10H2. The maximum atomic E-state index is 4.45. The van der Waals surface area contributed by atoms with Crippen molar-refractivity contribution in [2.75, 3.05) is 5.32 Å². The van der Waals surface area contributed by atoms with E-state index in [-0.39, 0.29) is 0 Å². The number of pyridine rings is 1. The van der Waals surface area contributed by atoms with Crippen LogP contribution >= 0.6 is 31.9 Å². The molecule has 0 amide bonds. The van der Waals surface area contributed by atoms with E-state index in [4.69, 9.17) is 0 Å². The second kappa shape index (κ2) is 6.27. The van der Waals surface area contributed by atoms with Crippen LogP contribution in [0, 0.1) is 0 Å². The zero-order chi connectivity index (χ0) is 13.9. The highest BCUT2D eigenvalue weighted by Gasteiger charge is 2.13. The Morgan fingerprint density at radius 1 is 1.15 bits per heavy atom. The SMILES string of the molecule is Brc1cnc(CNc2cccc3c2CCCC3)c(Br)c1. The van der Waals surface area contributed by atoms with Gasteiger partial charge in [-0.25, -0.2) is 0 Å². The summed E-state index contributed by atoms with van der Waals surface area (Å²) >= 11 is 6.99. The molecule has 0 atom stereocenters. The highest BCUT2D eigenvalue weighted by atomic mass is 79.9. The van der Waals surface area contributed by atoms with Crippen molar-refractivity contribution in [3.63, 3.8) is 0 Å². The summed E-state index contributed by atoms with van der Waals surface area (Å²) in [6.45, 7) is 0.740. The molecule has 1 aliphatic carbocycles. The molecule has 0 fully saturated rings. The quantitative estimate of drug-likeness (QED) is 0.782. The van der Waals surface area contributed by atoms with E-state index in [0.29, 0.717) is 0 Å². The molecular weight excluding hydrogens is 380 g/mol. The van der Waals surface area contributed by atoms with Crippen molar-refractivity contribution in [1.29, 1.82) is 0 Å². The van der Waals surface area contributed by atoms with E-state index >= 15 is 0 Å². The highest BCUT2D eigenvalue weighted by molar-refractivity contribution is 9.11. The molecule has 20 heavy (non-hydrogen) atoms. The van der Waals surface area contributed by atoms with Gasteiger partial charge >= 0.3 is 0 Å². The number of halogens is 2. The molecule has 3 rings (SSSR count). The Bertz CT molecular complexity index is 626. The van der Waals surface area contributed by atoms with Crippen molar-refractivity contribution in [2.24, 2.45) is 0 Å². The van der Waals surface area contributed by atoms with Gasteiger partial charge in [0.25, 0.3) is 0 Å². The highest BCUT2D eigenvalue weighted by Crippen LogP contribution is 2.28. The molecule has 1 aliphatic rings. The molecule has 0 aliphatic heterocycles.